The number of hydrogen-bond acceptors (Lipinski definition) is 6. The van der Waals surface area contributed by atoms with Crippen molar-refractivity contribution in [1.29, 1.82) is 0 Å². The third-order valence-electron chi connectivity index (χ3n) is 4.69. The Bertz CT molecular complexity index is 904. The van der Waals surface area contributed by atoms with Crippen molar-refractivity contribution in [3.63, 3.8) is 0 Å². The van der Waals surface area contributed by atoms with Crippen molar-refractivity contribution in [3.05, 3.63) is 54.1 Å². The zero-order chi connectivity index (χ0) is 20.1. The number of methoxy groups -OCH3 is 1. The summed E-state index contributed by atoms with van der Waals surface area (Å²) in [5.74, 6) is 2.40. The minimum absolute atomic E-state index is 0.201. The number of ether oxygens (including phenoxy) is 1. The van der Waals surface area contributed by atoms with Crippen molar-refractivity contribution in [1.82, 2.24) is 24.6 Å². The van der Waals surface area contributed by atoms with Gasteiger partial charge in [-0.25, -0.2) is 9.97 Å². The molecular formula is C21H28N6O. The average molecular weight is 380 g/mol. The van der Waals surface area contributed by atoms with Crippen LogP contribution in [0, 0.1) is 6.92 Å². The summed E-state index contributed by atoms with van der Waals surface area (Å²) >= 11 is 0. The molecule has 0 bridgehead atoms. The van der Waals surface area contributed by atoms with E-state index in [0.717, 1.165) is 41.7 Å². The topological polar surface area (TPSA) is 68.1 Å². The number of hydrogen-bond donors (Lipinski definition) is 1. The molecule has 0 aliphatic rings. The highest BCUT2D eigenvalue weighted by molar-refractivity contribution is 5.61. The summed E-state index contributed by atoms with van der Waals surface area (Å²) in [7, 11) is 5.83. The predicted molar refractivity (Wildman–Crippen MR) is 112 cm³/mol. The highest BCUT2D eigenvalue weighted by Gasteiger charge is 2.15. The molecule has 7 nitrogen and oxygen atoms in total. The maximum Gasteiger partial charge on any atom is 0.130 e. The molecule has 1 unspecified atom stereocenters. The van der Waals surface area contributed by atoms with E-state index in [1.54, 1.807) is 7.11 Å². The molecule has 0 saturated carbocycles. The van der Waals surface area contributed by atoms with E-state index in [4.69, 9.17) is 4.74 Å². The Morgan fingerprint density at radius 3 is 2.54 bits per heavy atom. The van der Waals surface area contributed by atoms with Gasteiger partial charge in [0.25, 0.3) is 0 Å². The van der Waals surface area contributed by atoms with E-state index in [0.29, 0.717) is 0 Å². The maximum absolute atomic E-state index is 5.26. The van der Waals surface area contributed by atoms with E-state index in [2.05, 4.69) is 58.4 Å². The van der Waals surface area contributed by atoms with Crippen LogP contribution in [0.15, 0.2) is 42.7 Å². The van der Waals surface area contributed by atoms with Gasteiger partial charge in [-0.05, 0) is 45.6 Å². The number of nitrogens with zero attached hydrogens (tertiary/aromatic N) is 5. The zero-order valence-electron chi connectivity index (χ0n) is 17.2. The van der Waals surface area contributed by atoms with Gasteiger partial charge in [0.1, 0.15) is 17.4 Å². The third kappa shape index (κ3) is 4.67. The van der Waals surface area contributed by atoms with Crippen molar-refractivity contribution in [3.8, 4) is 17.0 Å². The van der Waals surface area contributed by atoms with Gasteiger partial charge in [0.2, 0.25) is 0 Å². The predicted octanol–water partition coefficient (Wildman–Crippen LogP) is 3.39. The molecule has 3 aromatic rings. The van der Waals surface area contributed by atoms with Crippen LogP contribution in [0.3, 0.4) is 0 Å². The molecule has 0 saturated heterocycles. The smallest absolute Gasteiger partial charge is 0.130 e. The van der Waals surface area contributed by atoms with Crippen molar-refractivity contribution < 1.29 is 4.74 Å². The molecule has 0 spiro atoms. The number of nitrogens with one attached hydrogen (secondary N) is 1. The van der Waals surface area contributed by atoms with Gasteiger partial charge >= 0.3 is 0 Å². The van der Waals surface area contributed by atoms with Crippen LogP contribution < -0.4 is 10.1 Å². The van der Waals surface area contributed by atoms with E-state index in [1.165, 1.54) is 5.56 Å². The average Bonchev–Trinajstić information content (AvgIpc) is 3.17. The van der Waals surface area contributed by atoms with Crippen LogP contribution >= 0.6 is 0 Å². The first kappa shape index (κ1) is 19.8. The Morgan fingerprint density at radius 1 is 1.18 bits per heavy atom. The van der Waals surface area contributed by atoms with Crippen molar-refractivity contribution in [2.24, 2.45) is 0 Å². The first-order valence-electron chi connectivity index (χ1n) is 9.43. The van der Waals surface area contributed by atoms with Crippen LogP contribution in [0.25, 0.3) is 11.3 Å². The Hall–Kier alpha value is -2.93. The van der Waals surface area contributed by atoms with Gasteiger partial charge in [-0.3, -0.25) is 4.68 Å². The van der Waals surface area contributed by atoms with E-state index in [9.17, 15) is 0 Å². The van der Waals surface area contributed by atoms with Crippen molar-refractivity contribution in [2.45, 2.75) is 26.4 Å². The minimum Gasteiger partial charge on any atom is -0.497 e. The van der Waals surface area contributed by atoms with Gasteiger partial charge in [-0.1, -0.05) is 12.1 Å². The fourth-order valence-corrected chi connectivity index (χ4v) is 3.10. The summed E-state index contributed by atoms with van der Waals surface area (Å²) in [6, 6.07) is 10.4. The van der Waals surface area contributed by atoms with Crippen molar-refractivity contribution in [2.75, 3.05) is 33.1 Å². The lowest BCUT2D eigenvalue weighted by Gasteiger charge is -2.25. The molecule has 0 aliphatic heterocycles. The third-order valence-corrected chi connectivity index (χ3v) is 4.69. The second-order valence-corrected chi connectivity index (χ2v) is 6.90. The Labute approximate surface area is 166 Å². The number of likely N-dealkylation sites (N-methyl/N-ethyl adjacent to an activating group) is 1. The molecule has 1 atom stereocenters. The van der Waals surface area contributed by atoms with Gasteiger partial charge in [-0.2, -0.15) is 5.10 Å². The van der Waals surface area contributed by atoms with Crippen LogP contribution in [0.1, 0.15) is 24.4 Å². The molecule has 0 radical (unpaired) electrons. The van der Waals surface area contributed by atoms with Gasteiger partial charge in [-0.15, -0.1) is 0 Å². The summed E-state index contributed by atoms with van der Waals surface area (Å²) in [5, 5.41) is 7.81. The van der Waals surface area contributed by atoms with E-state index < -0.39 is 0 Å². The maximum atomic E-state index is 5.26. The van der Waals surface area contributed by atoms with Crippen LogP contribution in [-0.4, -0.2) is 52.4 Å². The fraction of sp³-hybridized carbons (Fsp3) is 0.381. The molecule has 2 aromatic heterocycles. The van der Waals surface area contributed by atoms with Gasteiger partial charge in [0.05, 0.1) is 25.0 Å². The molecule has 28 heavy (non-hydrogen) atoms. The summed E-state index contributed by atoms with van der Waals surface area (Å²) in [4.78, 5) is 11.3. The van der Waals surface area contributed by atoms with Crippen LogP contribution in [0.5, 0.6) is 5.75 Å². The highest BCUT2D eigenvalue weighted by Crippen LogP contribution is 2.23. The number of benzene rings is 1. The number of rotatable bonds is 8. The Morgan fingerprint density at radius 2 is 1.93 bits per heavy atom. The Kier molecular flexibility index (Phi) is 6.26. The van der Waals surface area contributed by atoms with Crippen LogP contribution in [0.4, 0.5) is 5.82 Å². The lowest BCUT2D eigenvalue weighted by molar-refractivity contribution is 0.311. The minimum atomic E-state index is 0.201. The Balaban J connectivity index is 1.77. The molecule has 3 rings (SSSR count). The molecule has 1 aromatic carbocycles. The van der Waals surface area contributed by atoms with Gasteiger partial charge < -0.3 is 15.0 Å². The monoisotopic (exact) mass is 380 g/mol. The second-order valence-electron chi connectivity index (χ2n) is 6.90. The molecule has 0 amide bonds. The highest BCUT2D eigenvalue weighted by atomic mass is 16.5. The SMILES string of the molecule is CCn1cc(-c2cc(NCC(c3ccc(OC)cc3)N(C)C)nc(C)n2)cn1. The molecule has 148 valence electrons. The lowest BCUT2D eigenvalue weighted by Crippen LogP contribution is -2.27. The lowest BCUT2D eigenvalue weighted by atomic mass is 10.1. The standard InChI is InChI=1S/C21H28N6O/c1-6-27-14-17(12-23-27)19-11-21(25-15(2)24-19)22-13-20(26(3)4)16-7-9-18(28-5)10-8-16/h7-12,14,20H,6,13H2,1-5H3,(H,22,24,25). The number of aryl methyl sites for hydroxylation is 2. The van der Waals surface area contributed by atoms with Gasteiger partial charge in [0.15, 0.2) is 0 Å². The molecule has 7 heteroatoms. The van der Waals surface area contributed by atoms with E-state index in [-0.39, 0.29) is 6.04 Å². The molecule has 0 fully saturated rings. The summed E-state index contributed by atoms with van der Waals surface area (Å²) in [6.45, 7) is 5.53. The molecule has 2 heterocycles. The summed E-state index contributed by atoms with van der Waals surface area (Å²) < 4.78 is 7.16. The number of anilines is 1. The summed E-state index contributed by atoms with van der Waals surface area (Å²) in [6.07, 6.45) is 3.85. The zero-order valence-corrected chi connectivity index (χ0v) is 17.2. The normalized spacial score (nSPS) is 12.2. The number of aromatic nitrogens is 4. The van der Waals surface area contributed by atoms with Crippen LogP contribution in [-0.2, 0) is 6.54 Å². The van der Waals surface area contributed by atoms with E-state index in [1.807, 2.05) is 42.2 Å². The largest absolute Gasteiger partial charge is 0.497 e. The van der Waals surface area contributed by atoms with E-state index >= 15 is 0 Å². The first-order valence-corrected chi connectivity index (χ1v) is 9.43. The van der Waals surface area contributed by atoms with Gasteiger partial charge in [0, 0.05) is 30.9 Å². The molecular weight excluding hydrogens is 352 g/mol. The molecule has 1 N–H and O–H groups in total. The summed E-state index contributed by atoms with van der Waals surface area (Å²) in [5.41, 5.74) is 3.09. The first-order chi connectivity index (χ1) is 13.5. The second kappa shape index (κ2) is 8.84. The fourth-order valence-electron chi connectivity index (χ4n) is 3.10. The quantitative estimate of drug-likeness (QED) is 0.646. The molecule has 0 aliphatic carbocycles. The van der Waals surface area contributed by atoms with Crippen LogP contribution in [0.2, 0.25) is 0 Å². The van der Waals surface area contributed by atoms with Crippen molar-refractivity contribution >= 4 is 5.82 Å².